The molecule has 0 heterocycles. The topological polar surface area (TPSA) is 165 Å². The number of benzene rings is 12. The predicted molar refractivity (Wildman–Crippen MR) is 422 cm³/mol. The second-order valence-electron chi connectivity index (χ2n) is 25.8. The van der Waals surface area contributed by atoms with Crippen LogP contribution in [0.2, 0.25) is 0 Å². The number of carbonyl (C=O) groups excluding carboxylic acids is 2. The van der Waals surface area contributed by atoms with Gasteiger partial charge in [-0.2, -0.15) is 0 Å². The van der Waals surface area contributed by atoms with Crippen molar-refractivity contribution in [3.63, 3.8) is 0 Å². The second kappa shape index (κ2) is 40.1. The molecular formula is C94H95NO13. The zero-order chi connectivity index (χ0) is 75.9. The maximum atomic E-state index is 11.8. The van der Waals surface area contributed by atoms with E-state index >= 15 is 0 Å². The van der Waals surface area contributed by atoms with Crippen molar-refractivity contribution in [2.45, 2.75) is 84.5 Å². The minimum absolute atomic E-state index is 0.00996. The third-order valence-corrected chi connectivity index (χ3v) is 18.9. The average molecular weight is 1450 g/mol. The highest BCUT2D eigenvalue weighted by atomic mass is 16.5. The molecule has 0 fully saturated rings. The lowest BCUT2D eigenvalue weighted by atomic mass is 9.80. The molecule has 0 aliphatic carbocycles. The Morgan fingerprint density at radius 3 is 0.963 bits per heavy atom. The van der Waals surface area contributed by atoms with Crippen LogP contribution in [0.1, 0.15) is 100 Å². The number of esters is 1. The fraction of sp³-hybridized carbons (Fsp3) is 0.213. The normalized spacial score (nSPS) is 11.1. The van der Waals surface area contributed by atoms with Gasteiger partial charge in [-0.25, -0.2) is 0 Å². The molecule has 0 radical (unpaired) electrons. The molecule has 0 bridgehead atoms. The summed E-state index contributed by atoms with van der Waals surface area (Å²) in [5.41, 5.74) is 13.8. The Bertz CT molecular complexity index is 4640. The summed E-state index contributed by atoms with van der Waals surface area (Å²) < 4.78 is 53.7. The molecule has 12 rings (SSSR count). The van der Waals surface area contributed by atoms with Crippen LogP contribution >= 0.6 is 0 Å². The number of ether oxygens (including phenoxy) is 9. The first kappa shape index (κ1) is 78.8. The number of carboxylic acids is 1. The fourth-order valence-electron chi connectivity index (χ4n) is 12.9. The van der Waals surface area contributed by atoms with Crippen molar-refractivity contribution in [2.75, 3.05) is 48.1 Å². The van der Waals surface area contributed by atoms with Crippen LogP contribution in [-0.2, 0) is 74.6 Å². The summed E-state index contributed by atoms with van der Waals surface area (Å²) in [4.78, 5) is 24.1. The molecule has 0 spiro atoms. The molecule has 12 aromatic carbocycles. The number of hydrogen-bond donors (Lipinski definition) is 2. The van der Waals surface area contributed by atoms with E-state index in [1.165, 1.54) is 19.6 Å². The minimum atomic E-state index is -1.28. The van der Waals surface area contributed by atoms with Crippen molar-refractivity contribution in [3.8, 4) is 56.8 Å². The lowest BCUT2D eigenvalue weighted by Gasteiger charge is -2.36. The molecule has 108 heavy (non-hydrogen) atoms. The van der Waals surface area contributed by atoms with Crippen LogP contribution in [-0.4, -0.2) is 65.1 Å². The van der Waals surface area contributed by atoms with Gasteiger partial charge in [0.2, 0.25) is 0 Å². The molecule has 0 amide bonds. The maximum Gasteiger partial charge on any atom is 0.306 e. The number of nitrogens with one attached hydrogen (secondary N) is 1. The van der Waals surface area contributed by atoms with Gasteiger partial charge in [0.1, 0.15) is 65.5 Å². The molecule has 2 N–H and O–H groups in total. The summed E-state index contributed by atoms with van der Waals surface area (Å²) in [5, 5.41) is 20.1. The Kier molecular flexibility index (Phi) is 29.2. The van der Waals surface area contributed by atoms with Gasteiger partial charge in [-0.3, -0.25) is 4.79 Å². The SMILES string of the molecule is CC[NH+](CC)CC.COc1ccc(C(OCc2cccc(-c3cccc(OCc4cccc(CO)c4)c3)c2)(c2ccccc2)c2ccc(OC)cc2)cc1.COc1ccc(C(OCc2cccc(-c3cccc(OCc4cccc(COC(=O)CCC(=O)[O-])c4)c3)c2)(c2ccccc2)c2ccc(OC)cc2)cc1. The number of quaternary nitrogens is 1. The molecule has 0 unspecified atom stereocenters. The summed E-state index contributed by atoms with van der Waals surface area (Å²) in [6.07, 6.45) is -0.590. The summed E-state index contributed by atoms with van der Waals surface area (Å²) in [7, 11) is 6.66. The van der Waals surface area contributed by atoms with Crippen molar-refractivity contribution in [1.29, 1.82) is 0 Å². The monoisotopic (exact) mass is 1450 g/mol. The van der Waals surface area contributed by atoms with Crippen LogP contribution in [0.25, 0.3) is 22.3 Å². The Labute approximate surface area is 635 Å². The Balaban J connectivity index is 0.000000213. The van der Waals surface area contributed by atoms with Gasteiger partial charge in [-0.15, -0.1) is 0 Å². The number of aliphatic hydroxyl groups excluding tert-OH is 1. The number of carboxylic acid groups (broad SMARTS) is 1. The van der Waals surface area contributed by atoms with Crippen LogP contribution < -0.4 is 38.4 Å². The van der Waals surface area contributed by atoms with Crippen molar-refractivity contribution in [3.05, 3.63) is 370 Å². The van der Waals surface area contributed by atoms with Crippen molar-refractivity contribution in [2.24, 2.45) is 0 Å². The van der Waals surface area contributed by atoms with Crippen LogP contribution in [0, 0.1) is 0 Å². The maximum absolute atomic E-state index is 11.8. The van der Waals surface area contributed by atoms with Gasteiger partial charge in [0.05, 0.1) is 74.3 Å². The van der Waals surface area contributed by atoms with Gasteiger partial charge in [-0.1, -0.05) is 212 Å². The first-order chi connectivity index (χ1) is 52.8. The quantitative estimate of drug-likeness (QED) is 0.0295. The first-order valence-corrected chi connectivity index (χ1v) is 36.4. The Morgan fingerprint density at radius 1 is 0.324 bits per heavy atom. The summed E-state index contributed by atoms with van der Waals surface area (Å²) in [6, 6.07) is 101. The smallest absolute Gasteiger partial charge is 0.306 e. The van der Waals surface area contributed by atoms with Gasteiger partial charge in [0.15, 0.2) is 0 Å². The van der Waals surface area contributed by atoms with Crippen LogP contribution in [0.5, 0.6) is 34.5 Å². The molecule has 0 atom stereocenters. The number of rotatable bonds is 33. The third-order valence-electron chi connectivity index (χ3n) is 18.9. The Hall–Kier alpha value is -11.8. The fourth-order valence-corrected chi connectivity index (χ4v) is 12.9. The van der Waals surface area contributed by atoms with E-state index in [0.717, 1.165) is 118 Å². The molecule has 0 saturated carbocycles. The van der Waals surface area contributed by atoms with E-state index in [1.54, 1.807) is 33.3 Å². The summed E-state index contributed by atoms with van der Waals surface area (Å²) in [6.45, 7) is 11.9. The number of carbonyl (C=O) groups is 2. The van der Waals surface area contributed by atoms with Gasteiger partial charge < -0.3 is 62.5 Å². The van der Waals surface area contributed by atoms with Crippen molar-refractivity contribution >= 4 is 11.9 Å². The van der Waals surface area contributed by atoms with Crippen LogP contribution in [0.15, 0.2) is 303 Å². The van der Waals surface area contributed by atoms with Crippen molar-refractivity contribution in [1.82, 2.24) is 0 Å². The zero-order valence-electron chi connectivity index (χ0n) is 62.5. The highest BCUT2D eigenvalue weighted by molar-refractivity contribution is 5.75. The second-order valence-corrected chi connectivity index (χ2v) is 25.8. The molecule has 0 aliphatic heterocycles. The van der Waals surface area contributed by atoms with Gasteiger partial charge in [0.25, 0.3) is 0 Å². The lowest BCUT2D eigenvalue weighted by molar-refractivity contribution is -0.894. The minimum Gasteiger partial charge on any atom is -0.550 e. The summed E-state index contributed by atoms with van der Waals surface area (Å²) >= 11 is 0. The van der Waals surface area contributed by atoms with E-state index in [2.05, 4.69) is 124 Å². The summed E-state index contributed by atoms with van der Waals surface area (Å²) in [5.74, 6) is 2.69. The van der Waals surface area contributed by atoms with Crippen LogP contribution in [0.4, 0.5) is 0 Å². The molecule has 0 aromatic heterocycles. The zero-order valence-corrected chi connectivity index (χ0v) is 62.5. The number of methoxy groups -OCH3 is 4. The average Bonchev–Trinajstić information content (AvgIpc) is 0.758. The highest BCUT2D eigenvalue weighted by Gasteiger charge is 2.39. The van der Waals surface area contributed by atoms with E-state index in [4.69, 9.17) is 42.6 Å². The molecular weight excluding hydrogens is 1350 g/mol. The standard InChI is InChI=1S/C46H42O8.C42H38O5.C6H15N/c1-50-41-21-17-39(18-22-41)46(38-14-4-3-5-15-38,40-19-23-42(51-2)24-20-40)54-32-35-11-7-12-36(28-35)37-13-8-16-43(29-37)52-30-33-9-6-10-34(27-33)31-53-45(49)26-25-44(47)48;1-44-39-21-17-37(18-22-39)42(36-14-4-3-5-15-36,38-19-23-40(45-2)24-20-38)47-30-33-11-7-12-34(26-33)35-13-8-16-41(27-35)46-29-32-10-6-9-31(25-32)28-43;1-4-7(5-2)6-3/h3-24,27-29H,25-26,30-32H2,1-2H3,(H,47,48);3-27,43H,28-30H2,1-2H3;4-6H2,1-3H3. The van der Waals surface area contributed by atoms with Crippen molar-refractivity contribution < 1.29 is 67.3 Å². The Morgan fingerprint density at radius 2 is 0.630 bits per heavy atom. The largest absolute Gasteiger partial charge is 0.550 e. The highest BCUT2D eigenvalue weighted by Crippen LogP contribution is 2.45. The van der Waals surface area contributed by atoms with Gasteiger partial charge in [0, 0.05) is 5.97 Å². The third kappa shape index (κ3) is 21.3. The molecule has 0 saturated heterocycles. The van der Waals surface area contributed by atoms with E-state index in [9.17, 15) is 19.8 Å². The van der Waals surface area contributed by atoms with E-state index in [-0.39, 0.29) is 26.1 Å². The lowest BCUT2D eigenvalue weighted by Crippen LogP contribution is -3.11. The molecule has 14 heteroatoms. The van der Waals surface area contributed by atoms with E-state index in [1.807, 2.05) is 200 Å². The molecule has 12 aromatic rings. The number of hydrogen-bond acceptors (Lipinski definition) is 13. The van der Waals surface area contributed by atoms with Gasteiger partial charge in [-0.05, 0) is 207 Å². The van der Waals surface area contributed by atoms with E-state index < -0.39 is 23.1 Å². The van der Waals surface area contributed by atoms with E-state index in [0.29, 0.717) is 32.2 Å². The first-order valence-electron chi connectivity index (χ1n) is 36.4. The molecule has 554 valence electrons. The van der Waals surface area contributed by atoms with Crippen LogP contribution in [0.3, 0.4) is 0 Å². The molecule has 14 nitrogen and oxygen atoms in total. The molecule has 0 aliphatic rings. The number of aliphatic carboxylic acids is 1. The predicted octanol–water partition coefficient (Wildman–Crippen LogP) is 16.9. The number of aliphatic hydroxyl groups is 1. The van der Waals surface area contributed by atoms with Gasteiger partial charge >= 0.3 is 5.97 Å².